The summed E-state index contributed by atoms with van der Waals surface area (Å²) in [5.74, 6) is 1.20. The lowest BCUT2D eigenvalue weighted by atomic mass is 10.1. The number of halogens is 2. The first-order valence-corrected chi connectivity index (χ1v) is 9.46. The molecule has 0 fully saturated rings. The third-order valence-electron chi connectivity index (χ3n) is 4.07. The van der Waals surface area contributed by atoms with Gasteiger partial charge in [0.2, 0.25) is 5.91 Å². The summed E-state index contributed by atoms with van der Waals surface area (Å²) in [5.41, 5.74) is 2.33. The number of benzene rings is 2. The van der Waals surface area contributed by atoms with Gasteiger partial charge >= 0.3 is 0 Å². The van der Waals surface area contributed by atoms with Gasteiger partial charge in [0.25, 0.3) is 0 Å². The first kappa shape index (κ1) is 20.0. The quantitative estimate of drug-likeness (QED) is 0.486. The summed E-state index contributed by atoms with van der Waals surface area (Å²) in [4.78, 5) is 11.9. The molecule has 0 unspecified atom stereocenters. The van der Waals surface area contributed by atoms with E-state index in [0.717, 1.165) is 17.1 Å². The van der Waals surface area contributed by atoms with E-state index < -0.39 is 5.82 Å². The Labute approximate surface area is 168 Å². The van der Waals surface area contributed by atoms with Gasteiger partial charge in [0, 0.05) is 23.4 Å². The summed E-state index contributed by atoms with van der Waals surface area (Å²) in [7, 11) is 0. The minimum absolute atomic E-state index is 0.000727. The fourth-order valence-corrected chi connectivity index (χ4v) is 2.94. The lowest BCUT2D eigenvalue weighted by Crippen LogP contribution is -2.13. The van der Waals surface area contributed by atoms with Crippen molar-refractivity contribution in [2.24, 2.45) is 5.92 Å². The number of carbonyl (C=O) groups excluding carboxylic acids is 1. The van der Waals surface area contributed by atoms with Crippen molar-refractivity contribution in [1.82, 2.24) is 0 Å². The SMILES string of the molecule is CC(C)CC(=O)Nc1cccc(NCc2ccc(-c3ccc(F)c(Cl)c3)o2)c1. The molecular formula is C22H22ClFN2O2. The third kappa shape index (κ3) is 5.36. The van der Waals surface area contributed by atoms with Crippen LogP contribution in [-0.2, 0) is 11.3 Å². The van der Waals surface area contributed by atoms with E-state index in [2.05, 4.69) is 10.6 Å². The van der Waals surface area contributed by atoms with E-state index in [9.17, 15) is 9.18 Å². The molecule has 0 aliphatic heterocycles. The molecule has 0 aliphatic carbocycles. The summed E-state index contributed by atoms with van der Waals surface area (Å²) >= 11 is 5.83. The van der Waals surface area contributed by atoms with Crippen molar-refractivity contribution >= 4 is 28.9 Å². The molecule has 6 heteroatoms. The normalized spacial score (nSPS) is 10.9. The monoisotopic (exact) mass is 400 g/mol. The van der Waals surface area contributed by atoms with Crippen LogP contribution < -0.4 is 10.6 Å². The van der Waals surface area contributed by atoms with Crippen molar-refractivity contribution in [3.63, 3.8) is 0 Å². The highest BCUT2D eigenvalue weighted by Crippen LogP contribution is 2.27. The van der Waals surface area contributed by atoms with Crippen molar-refractivity contribution in [2.45, 2.75) is 26.8 Å². The van der Waals surface area contributed by atoms with Crippen LogP contribution in [0.1, 0.15) is 26.0 Å². The highest BCUT2D eigenvalue weighted by molar-refractivity contribution is 6.31. The van der Waals surface area contributed by atoms with Crippen molar-refractivity contribution in [3.8, 4) is 11.3 Å². The zero-order chi connectivity index (χ0) is 20.1. The fraction of sp³-hybridized carbons (Fsp3) is 0.227. The molecule has 1 heterocycles. The average molecular weight is 401 g/mol. The van der Waals surface area contributed by atoms with Crippen molar-refractivity contribution < 1.29 is 13.6 Å². The number of amides is 1. The third-order valence-corrected chi connectivity index (χ3v) is 4.36. The van der Waals surface area contributed by atoms with E-state index in [0.29, 0.717) is 30.2 Å². The summed E-state index contributed by atoms with van der Waals surface area (Å²) in [6.45, 7) is 4.49. The Kier molecular flexibility index (Phi) is 6.37. The van der Waals surface area contributed by atoms with Crippen LogP contribution in [0, 0.1) is 11.7 Å². The van der Waals surface area contributed by atoms with Gasteiger partial charge in [-0.1, -0.05) is 31.5 Å². The standard InChI is InChI=1S/C22H22ClFN2O2/c1-14(2)10-22(27)26-17-5-3-4-16(12-17)25-13-18-7-9-21(28-18)15-6-8-20(24)19(23)11-15/h3-9,11-12,14,25H,10,13H2,1-2H3,(H,26,27). The van der Waals surface area contributed by atoms with Crippen LogP contribution in [-0.4, -0.2) is 5.91 Å². The van der Waals surface area contributed by atoms with Crippen LogP contribution in [0.25, 0.3) is 11.3 Å². The second-order valence-electron chi connectivity index (χ2n) is 6.98. The molecule has 0 bridgehead atoms. The van der Waals surface area contributed by atoms with Crippen LogP contribution in [0.3, 0.4) is 0 Å². The van der Waals surface area contributed by atoms with Crippen LogP contribution in [0.4, 0.5) is 15.8 Å². The van der Waals surface area contributed by atoms with Gasteiger partial charge in [-0.25, -0.2) is 4.39 Å². The van der Waals surface area contributed by atoms with Gasteiger partial charge in [0.15, 0.2) is 0 Å². The molecule has 146 valence electrons. The maximum atomic E-state index is 13.3. The van der Waals surface area contributed by atoms with E-state index >= 15 is 0 Å². The van der Waals surface area contributed by atoms with Crippen LogP contribution in [0.2, 0.25) is 5.02 Å². The predicted octanol–water partition coefficient (Wildman–Crippen LogP) is 6.34. The molecule has 0 aliphatic rings. The predicted molar refractivity (Wildman–Crippen MR) is 111 cm³/mol. The molecule has 3 rings (SSSR count). The Morgan fingerprint density at radius 2 is 1.89 bits per heavy atom. The van der Waals surface area contributed by atoms with Gasteiger partial charge in [-0.2, -0.15) is 0 Å². The Morgan fingerprint density at radius 1 is 1.11 bits per heavy atom. The average Bonchev–Trinajstić information content (AvgIpc) is 3.11. The van der Waals surface area contributed by atoms with Crippen molar-refractivity contribution in [1.29, 1.82) is 0 Å². The van der Waals surface area contributed by atoms with Gasteiger partial charge in [-0.3, -0.25) is 4.79 Å². The van der Waals surface area contributed by atoms with E-state index in [-0.39, 0.29) is 10.9 Å². The highest BCUT2D eigenvalue weighted by atomic mass is 35.5. The molecule has 28 heavy (non-hydrogen) atoms. The largest absolute Gasteiger partial charge is 0.459 e. The van der Waals surface area contributed by atoms with Gasteiger partial charge in [-0.05, 0) is 54.4 Å². The summed E-state index contributed by atoms with van der Waals surface area (Å²) < 4.78 is 19.1. The van der Waals surface area contributed by atoms with E-state index in [1.165, 1.54) is 12.1 Å². The Balaban J connectivity index is 1.62. The Bertz CT molecular complexity index is 969. The second-order valence-corrected chi connectivity index (χ2v) is 7.38. The van der Waals surface area contributed by atoms with Crippen molar-refractivity contribution in [2.75, 3.05) is 10.6 Å². The van der Waals surface area contributed by atoms with Gasteiger partial charge in [-0.15, -0.1) is 0 Å². The summed E-state index contributed by atoms with van der Waals surface area (Å²) in [6.07, 6.45) is 0.486. The second kappa shape index (κ2) is 8.93. The molecule has 1 aromatic heterocycles. The fourth-order valence-electron chi connectivity index (χ4n) is 2.76. The van der Waals surface area contributed by atoms with Gasteiger partial charge in [0.1, 0.15) is 17.3 Å². The maximum Gasteiger partial charge on any atom is 0.224 e. The van der Waals surface area contributed by atoms with Crippen LogP contribution in [0.15, 0.2) is 59.0 Å². The number of carbonyl (C=O) groups is 1. The lowest BCUT2D eigenvalue weighted by Gasteiger charge is -2.10. The molecule has 0 saturated heterocycles. The molecule has 0 radical (unpaired) electrons. The summed E-state index contributed by atoms with van der Waals surface area (Å²) in [5, 5.41) is 6.23. The molecule has 4 nitrogen and oxygen atoms in total. The van der Waals surface area contributed by atoms with Gasteiger partial charge < -0.3 is 15.1 Å². The number of hydrogen-bond acceptors (Lipinski definition) is 3. The van der Waals surface area contributed by atoms with Crippen LogP contribution >= 0.6 is 11.6 Å². The van der Waals surface area contributed by atoms with E-state index in [4.69, 9.17) is 16.0 Å². The molecule has 0 saturated carbocycles. The smallest absolute Gasteiger partial charge is 0.224 e. The van der Waals surface area contributed by atoms with Crippen LogP contribution in [0.5, 0.6) is 0 Å². The summed E-state index contributed by atoms with van der Waals surface area (Å²) in [6, 6.07) is 15.7. The van der Waals surface area contributed by atoms with Gasteiger partial charge in [0.05, 0.1) is 11.6 Å². The zero-order valence-electron chi connectivity index (χ0n) is 15.8. The molecule has 0 spiro atoms. The molecule has 1 amide bonds. The first-order valence-electron chi connectivity index (χ1n) is 9.08. The lowest BCUT2D eigenvalue weighted by molar-refractivity contribution is -0.116. The number of nitrogens with one attached hydrogen (secondary N) is 2. The molecule has 2 N–H and O–H groups in total. The first-order chi connectivity index (χ1) is 13.4. The highest BCUT2D eigenvalue weighted by Gasteiger charge is 2.09. The molecule has 3 aromatic rings. The maximum absolute atomic E-state index is 13.3. The number of anilines is 2. The van der Waals surface area contributed by atoms with E-state index in [1.54, 1.807) is 6.07 Å². The number of rotatable bonds is 7. The molecular weight excluding hydrogens is 379 g/mol. The minimum atomic E-state index is -0.459. The number of hydrogen-bond donors (Lipinski definition) is 2. The molecule has 0 atom stereocenters. The van der Waals surface area contributed by atoms with E-state index in [1.807, 2.05) is 50.2 Å². The van der Waals surface area contributed by atoms with Crippen molar-refractivity contribution in [3.05, 3.63) is 71.2 Å². The molecule has 2 aromatic carbocycles. The Morgan fingerprint density at radius 3 is 2.64 bits per heavy atom. The topological polar surface area (TPSA) is 54.3 Å². The minimum Gasteiger partial charge on any atom is -0.459 e. The Hall–Kier alpha value is -2.79. The zero-order valence-corrected chi connectivity index (χ0v) is 16.5. The number of furan rings is 1.